The van der Waals surface area contributed by atoms with Gasteiger partial charge in [0.05, 0.1) is 6.54 Å². The molecule has 0 radical (unpaired) electrons. The molecule has 7 nitrogen and oxygen atoms in total. The topological polar surface area (TPSA) is 103 Å². The number of H-pyrrole nitrogens is 1. The summed E-state index contributed by atoms with van der Waals surface area (Å²) in [6, 6.07) is 12.0. The number of urea groups is 1. The molecule has 1 atom stereocenters. The number of nitrogens with one attached hydrogen (secondary N) is 3. The van der Waals surface area contributed by atoms with E-state index < -0.39 is 18.0 Å². The molecule has 0 aliphatic rings. The first-order valence-corrected chi connectivity index (χ1v) is 9.47. The number of aliphatic carboxylic acids is 1. The van der Waals surface area contributed by atoms with E-state index in [1.165, 1.54) is 0 Å². The zero-order valence-electron chi connectivity index (χ0n) is 16.5. The maximum Gasteiger partial charge on any atom is 0.326 e. The second-order valence-electron chi connectivity index (χ2n) is 6.92. The number of hydrogen-bond acceptors (Lipinski definition) is 3. The Morgan fingerprint density at radius 2 is 1.83 bits per heavy atom. The summed E-state index contributed by atoms with van der Waals surface area (Å²) >= 11 is 0. The molecule has 1 heterocycles. The van der Waals surface area contributed by atoms with E-state index in [0.29, 0.717) is 6.61 Å². The van der Waals surface area contributed by atoms with Crippen molar-refractivity contribution in [1.29, 1.82) is 0 Å². The number of aromatic amines is 1. The molecule has 0 bridgehead atoms. The zero-order valence-corrected chi connectivity index (χ0v) is 16.5. The second kappa shape index (κ2) is 9.14. The van der Waals surface area contributed by atoms with Crippen LogP contribution >= 0.6 is 0 Å². The van der Waals surface area contributed by atoms with Gasteiger partial charge in [0, 0.05) is 23.5 Å². The quantitative estimate of drug-likeness (QED) is 0.440. The van der Waals surface area contributed by atoms with Crippen LogP contribution in [0.2, 0.25) is 0 Å². The van der Waals surface area contributed by atoms with E-state index in [-0.39, 0.29) is 13.0 Å². The Labute approximate surface area is 169 Å². The van der Waals surface area contributed by atoms with Crippen molar-refractivity contribution in [2.45, 2.75) is 26.3 Å². The Morgan fingerprint density at radius 1 is 1.10 bits per heavy atom. The van der Waals surface area contributed by atoms with Crippen molar-refractivity contribution in [2.75, 3.05) is 13.2 Å². The second-order valence-corrected chi connectivity index (χ2v) is 6.92. The molecule has 4 N–H and O–H groups in total. The Balaban J connectivity index is 1.51. The van der Waals surface area contributed by atoms with Gasteiger partial charge in [-0.1, -0.05) is 36.4 Å². The lowest BCUT2D eigenvalue weighted by Gasteiger charge is -2.16. The summed E-state index contributed by atoms with van der Waals surface area (Å²) in [6.07, 6.45) is 1.96. The first kappa shape index (κ1) is 20.3. The van der Waals surface area contributed by atoms with E-state index in [1.54, 1.807) is 6.20 Å². The van der Waals surface area contributed by atoms with E-state index in [1.807, 2.05) is 56.3 Å². The zero-order chi connectivity index (χ0) is 20.8. The van der Waals surface area contributed by atoms with Gasteiger partial charge >= 0.3 is 12.0 Å². The highest BCUT2D eigenvalue weighted by Gasteiger charge is 2.21. The van der Waals surface area contributed by atoms with Crippen LogP contribution in [0.1, 0.15) is 16.7 Å². The fraction of sp³-hybridized carbons (Fsp3) is 0.273. The molecule has 7 heteroatoms. The SMILES string of the molecule is Cc1cccc(C)c1OCCNC(=O)N[C@H](Cc1c[nH]c2ccccc12)C(=O)O. The summed E-state index contributed by atoms with van der Waals surface area (Å²) in [5, 5.41) is 15.6. The third-order valence-electron chi connectivity index (χ3n) is 4.75. The van der Waals surface area contributed by atoms with Gasteiger partial charge in [0.25, 0.3) is 0 Å². The lowest BCUT2D eigenvalue weighted by atomic mass is 10.1. The lowest BCUT2D eigenvalue weighted by Crippen LogP contribution is -2.47. The predicted octanol–water partition coefficient (Wildman–Crippen LogP) is 3.16. The number of amides is 2. The summed E-state index contributed by atoms with van der Waals surface area (Å²) in [5.74, 6) is -0.283. The van der Waals surface area contributed by atoms with E-state index in [4.69, 9.17) is 4.74 Å². The smallest absolute Gasteiger partial charge is 0.326 e. The van der Waals surface area contributed by atoms with Crippen LogP contribution in [0.25, 0.3) is 10.9 Å². The van der Waals surface area contributed by atoms with Crippen LogP contribution in [0, 0.1) is 13.8 Å². The lowest BCUT2D eigenvalue weighted by molar-refractivity contribution is -0.139. The molecule has 2 aromatic carbocycles. The number of ether oxygens (including phenoxy) is 1. The monoisotopic (exact) mass is 395 g/mol. The molecule has 3 aromatic rings. The number of fused-ring (bicyclic) bond motifs is 1. The summed E-state index contributed by atoms with van der Waals surface area (Å²) in [7, 11) is 0. The van der Waals surface area contributed by atoms with Crippen molar-refractivity contribution in [3.8, 4) is 5.75 Å². The fourth-order valence-electron chi connectivity index (χ4n) is 3.27. The Kier molecular flexibility index (Phi) is 6.39. The maximum atomic E-state index is 12.1. The molecule has 0 fully saturated rings. The highest BCUT2D eigenvalue weighted by Crippen LogP contribution is 2.22. The molecule has 3 rings (SSSR count). The standard InChI is InChI=1S/C22H25N3O4/c1-14-6-5-7-15(2)20(14)29-11-10-23-22(28)25-19(21(26)27)12-16-13-24-18-9-4-3-8-17(16)18/h3-9,13,19,24H,10-12H2,1-2H3,(H,26,27)(H2,23,25,28)/t19-/m1/s1. The predicted molar refractivity (Wildman–Crippen MR) is 111 cm³/mol. The van der Waals surface area contributed by atoms with Crippen LogP contribution in [0.4, 0.5) is 4.79 Å². The molecule has 0 spiro atoms. The van der Waals surface area contributed by atoms with E-state index in [9.17, 15) is 14.7 Å². The Morgan fingerprint density at radius 3 is 2.55 bits per heavy atom. The minimum Gasteiger partial charge on any atom is -0.491 e. The molecule has 1 aromatic heterocycles. The number of carbonyl (C=O) groups is 2. The highest BCUT2D eigenvalue weighted by atomic mass is 16.5. The van der Waals surface area contributed by atoms with Gasteiger partial charge in [0.15, 0.2) is 0 Å². The first-order chi connectivity index (χ1) is 14.0. The Hall–Kier alpha value is -3.48. The van der Waals surface area contributed by atoms with Crippen LogP contribution in [0.15, 0.2) is 48.7 Å². The van der Waals surface area contributed by atoms with Gasteiger partial charge in [-0.3, -0.25) is 0 Å². The number of benzene rings is 2. The highest BCUT2D eigenvalue weighted by molar-refractivity contribution is 5.86. The van der Waals surface area contributed by atoms with Gasteiger partial charge in [-0.2, -0.15) is 0 Å². The number of hydrogen-bond donors (Lipinski definition) is 4. The number of aromatic nitrogens is 1. The number of para-hydroxylation sites is 2. The molecule has 0 aliphatic carbocycles. The first-order valence-electron chi connectivity index (χ1n) is 9.47. The van der Waals surface area contributed by atoms with Gasteiger partial charge in [0.2, 0.25) is 0 Å². The average Bonchev–Trinajstić information content (AvgIpc) is 3.09. The summed E-state index contributed by atoms with van der Waals surface area (Å²) < 4.78 is 5.74. The van der Waals surface area contributed by atoms with Gasteiger partial charge in [-0.25, -0.2) is 9.59 Å². The third kappa shape index (κ3) is 5.07. The molecular weight excluding hydrogens is 370 g/mol. The molecule has 152 valence electrons. The minimum absolute atomic E-state index is 0.186. The van der Waals surface area contributed by atoms with Crippen LogP contribution in [-0.2, 0) is 11.2 Å². The molecule has 0 saturated carbocycles. The van der Waals surface area contributed by atoms with Crippen LogP contribution in [-0.4, -0.2) is 41.3 Å². The molecule has 2 amide bonds. The van der Waals surface area contributed by atoms with Crippen molar-refractivity contribution >= 4 is 22.9 Å². The number of aryl methyl sites for hydroxylation is 2. The number of rotatable bonds is 8. The van der Waals surface area contributed by atoms with Crippen molar-refractivity contribution in [3.63, 3.8) is 0 Å². The number of carboxylic acids is 1. The van der Waals surface area contributed by atoms with Crippen molar-refractivity contribution in [1.82, 2.24) is 15.6 Å². The van der Waals surface area contributed by atoms with Gasteiger partial charge < -0.3 is 25.5 Å². The molecular formula is C22H25N3O4. The summed E-state index contributed by atoms with van der Waals surface area (Å²) in [6.45, 7) is 4.48. The number of carbonyl (C=O) groups excluding carboxylic acids is 1. The third-order valence-corrected chi connectivity index (χ3v) is 4.75. The summed E-state index contributed by atoms with van der Waals surface area (Å²) in [4.78, 5) is 26.9. The van der Waals surface area contributed by atoms with E-state index in [0.717, 1.165) is 33.3 Å². The van der Waals surface area contributed by atoms with E-state index in [2.05, 4.69) is 15.6 Å². The van der Waals surface area contributed by atoms with Gasteiger partial charge in [0.1, 0.15) is 18.4 Å². The average molecular weight is 395 g/mol. The fourth-order valence-corrected chi connectivity index (χ4v) is 3.27. The maximum absolute atomic E-state index is 12.1. The van der Waals surface area contributed by atoms with Crippen LogP contribution in [0.3, 0.4) is 0 Å². The van der Waals surface area contributed by atoms with Gasteiger partial charge in [-0.05, 0) is 36.6 Å². The minimum atomic E-state index is -1.09. The molecule has 0 unspecified atom stereocenters. The molecule has 29 heavy (non-hydrogen) atoms. The van der Waals surface area contributed by atoms with Crippen LogP contribution < -0.4 is 15.4 Å². The Bertz CT molecular complexity index is 992. The van der Waals surface area contributed by atoms with Crippen molar-refractivity contribution in [2.24, 2.45) is 0 Å². The molecule has 0 aliphatic heterocycles. The van der Waals surface area contributed by atoms with Crippen molar-refractivity contribution in [3.05, 3.63) is 65.4 Å². The van der Waals surface area contributed by atoms with E-state index >= 15 is 0 Å². The molecule has 0 saturated heterocycles. The largest absolute Gasteiger partial charge is 0.491 e. The van der Waals surface area contributed by atoms with Crippen molar-refractivity contribution < 1.29 is 19.4 Å². The summed E-state index contributed by atoms with van der Waals surface area (Å²) in [5.41, 5.74) is 3.82. The number of carboxylic acid groups (broad SMARTS) is 1. The normalized spacial score (nSPS) is 11.8. The van der Waals surface area contributed by atoms with Gasteiger partial charge in [-0.15, -0.1) is 0 Å². The van der Waals surface area contributed by atoms with Crippen LogP contribution in [0.5, 0.6) is 5.75 Å².